The first-order valence-corrected chi connectivity index (χ1v) is 8.17. The van der Waals surface area contributed by atoms with Crippen molar-refractivity contribution in [3.05, 3.63) is 57.5 Å². The molecule has 21 heavy (non-hydrogen) atoms. The topological polar surface area (TPSA) is 15.3 Å². The second-order valence-electron chi connectivity index (χ2n) is 5.22. The second kappa shape index (κ2) is 7.19. The van der Waals surface area contributed by atoms with Crippen LogP contribution in [0.3, 0.4) is 0 Å². The number of rotatable bonds is 5. The fraction of sp³-hybridized carbons (Fsp3) is 0.294. The molecule has 0 radical (unpaired) electrons. The molecule has 2 aromatic carbocycles. The quantitative estimate of drug-likeness (QED) is 0.725. The molecule has 0 bridgehead atoms. The maximum atomic E-state index is 6.15. The van der Waals surface area contributed by atoms with Crippen LogP contribution in [0.4, 0.5) is 11.4 Å². The predicted molar refractivity (Wildman–Crippen MR) is 96.6 cm³/mol. The molecule has 112 valence electrons. The van der Waals surface area contributed by atoms with Gasteiger partial charge in [0.05, 0.1) is 17.4 Å². The fourth-order valence-electron chi connectivity index (χ4n) is 2.35. The van der Waals surface area contributed by atoms with Crippen molar-refractivity contribution in [1.29, 1.82) is 0 Å². The number of halogens is 2. The van der Waals surface area contributed by atoms with E-state index in [4.69, 9.17) is 11.6 Å². The standard InChI is InChI=1S/C17H20BrClN2/c1-4-15(12-6-5-7-13(18)10-12)20-16-11-14(19)8-9-17(16)21(2)3/h5-11,15,20H,4H2,1-3H3. The molecule has 0 aromatic heterocycles. The number of nitrogens with one attached hydrogen (secondary N) is 1. The lowest BCUT2D eigenvalue weighted by atomic mass is 10.0. The van der Waals surface area contributed by atoms with Gasteiger partial charge in [-0.25, -0.2) is 0 Å². The van der Waals surface area contributed by atoms with Crippen molar-refractivity contribution in [3.63, 3.8) is 0 Å². The van der Waals surface area contributed by atoms with Gasteiger partial charge in [-0.15, -0.1) is 0 Å². The van der Waals surface area contributed by atoms with Crippen LogP contribution in [0, 0.1) is 0 Å². The summed E-state index contributed by atoms with van der Waals surface area (Å²) in [5, 5.41) is 4.36. The predicted octanol–water partition coefficient (Wildman–Crippen LogP) is 5.73. The maximum absolute atomic E-state index is 6.15. The molecule has 1 atom stereocenters. The number of hydrogen-bond donors (Lipinski definition) is 1. The van der Waals surface area contributed by atoms with E-state index in [9.17, 15) is 0 Å². The molecule has 0 heterocycles. The first kappa shape index (κ1) is 16.2. The van der Waals surface area contributed by atoms with E-state index in [2.05, 4.69) is 51.3 Å². The van der Waals surface area contributed by atoms with Gasteiger partial charge in [0, 0.05) is 23.6 Å². The molecule has 0 aliphatic rings. The van der Waals surface area contributed by atoms with E-state index in [1.165, 1.54) is 5.56 Å². The lowest BCUT2D eigenvalue weighted by Crippen LogP contribution is -2.15. The van der Waals surface area contributed by atoms with Crippen molar-refractivity contribution < 1.29 is 0 Å². The smallest absolute Gasteiger partial charge is 0.0598 e. The van der Waals surface area contributed by atoms with Crippen molar-refractivity contribution in [3.8, 4) is 0 Å². The Morgan fingerprint density at radius 3 is 2.57 bits per heavy atom. The highest BCUT2D eigenvalue weighted by Gasteiger charge is 2.13. The molecule has 4 heteroatoms. The second-order valence-corrected chi connectivity index (χ2v) is 6.57. The van der Waals surface area contributed by atoms with E-state index in [1.807, 2.05) is 38.4 Å². The van der Waals surface area contributed by atoms with Crippen LogP contribution in [0.5, 0.6) is 0 Å². The summed E-state index contributed by atoms with van der Waals surface area (Å²) in [6, 6.07) is 14.6. The third-order valence-electron chi connectivity index (χ3n) is 3.43. The number of benzene rings is 2. The lowest BCUT2D eigenvalue weighted by molar-refractivity contribution is 0.748. The number of nitrogens with zero attached hydrogens (tertiary/aromatic N) is 1. The SMILES string of the molecule is CCC(Nc1cc(Cl)ccc1N(C)C)c1cccc(Br)c1. The van der Waals surface area contributed by atoms with Gasteiger partial charge in [-0.3, -0.25) is 0 Å². The highest BCUT2D eigenvalue weighted by atomic mass is 79.9. The van der Waals surface area contributed by atoms with Crippen molar-refractivity contribution >= 4 is 38.9 Å². The summed E-state index contributed by atoms with van der Waals surface area (Å²) in [6.45, 7) is 2.18. The minimum atomic E-state index is 0.250. The van der Waals surface area contributed by atoms with Gasteiger partial charge in [0.25, 0.3) is 0 Å². The molecule has 1 N–H and O–H groups in total. The van der Waals surface area contributed by atoms with Gasteiger partial charge in [0.15, 0.2) is 0 Å². The normalized spacial score (nSPS) is 12.0. The Morgan fingerprint density at radius 2 is 1.95 bits per heavy atom. The first-order valence-electron chi connectivity index (χ1n) is 7.00. The van der Waals surface area contributed by atoms with Crippen LogP contribution in [0.25, 0.3) is 0 Å². The van der Waals surface area contributed by atoms with Gasteiger partial charge in [0.2, 0.25) is 0 Å². The maximum Gasteiger partial charge on any atom is 0.0598 e. The Morgan fingerprint density at radius 1 is 1.19 bits per heavy atom. The van der Waals surface area contributed by atoms with Crippen molar-refractivity contribution in [2.75, 3.05) is 24.3 Å². The van der Waals surface area contributed by atoms with Crippen LogP contribution in [-0.4, -0.2) is 14.1 Å². The molecule has 0 saturated heterocycles. The van der Waals surface area contributed by atoms with Gasteiger partial charge in [0.1, 0.15) is 0 Å². The van der Waals surface area contributed by atoms with E-state index in [0.717, 1.165) is 27.3 Å². The van der Waals surface area contributed by atoms with Crippen LogP contribution in [0.1, 0.15) is 24.9 Å². The van der Waals surface area contributed by atoms with E-state index >= 15 is 0 Å². The summed E-state index contributed by atoms with van der Waals surface area (Å²) in [4.78, 5) is 2.09. The average molecular weight is 368 g/mol. The summed E-state index contributed by atoms with van der Waals surface area (Å²) in [5.41, 5.74) is 3.45. The molecule has 0 spiro atoms. The van der Waals surface area contributed by atoms with E-state index in [-0.39, 0.29) is 6.04 Å². The van der Waals surface area contributed by atoms with E-state index in [0.29, 0.717) is 0 Å². The highest BCUT2D eigenvalue weighted by Crippen LogP contribution is 2.32. The minimum Gasteiger partial charge on any atom is -0.377 e. The van der Waals surface area contributed by atoms with E-state index < -0.39 is 0 Å². The van der Waals surface area contributed by atoms with E-state index in [1.54, 1.807) is 0 Å². The molecular weight excluding hydrogens is 348 g/mol. The van der Waals surface area contributed by atoms with Crippen molar-refractivity contribution in [2.45, 2.75) is 19.4 Å². The molecule has 0 amide bonds. The minimum absolute atomic E-state index is 0.250. The molecular formula is C17H20BrClN2. The molecule has 0 saturated carbocycles. The summed E-state index contributed by atoms with van der Waals surface area (Å²) in [6.07, 6.45) is 0.996. The van der Waals surface area contributed by atoms with Gasteiger partial charge in [-0.2, -0.15) is 0 Å². The van der Waals surface area contributed by atoms with Crippen LogP contribution >= 0.6 is 27.5 Å². The zero-order valence-corrected chi connectivity index (χ0v) is 14.9. The summed E-state index contributed by atoms with van der Waals surface area (Å²) < 4.78 is 1.10. The van der Waals surface area contributed by atoms with Crippen LogP contribution in [0.15, 0.2) is 46.9 Å². The monoisotopic (exact) mass is 366 g/mol. The molecule has 0 aliphatic carbocycles. The third-order valence-corrected chi connectivity index (χ3v) is 4.16. The molecule has 1 unspecified atom stereocenters. The summed E-state index contributed by atoms with van der Waals surface area (Å²) in [7, 11) is 4.07. The van der Waals surface area contributed by atoms with Gasteiger partial charge >= 0.3 is 0 Å². The zero-order valence-electron chi connectivity index (χ0n) is 12.5. The van der Waals surface area contributed by atoms with Crippen molar-refractivity contribution in [2.24, 2.45) is 0 Å². The molecule has 0 fully saturated rings. The average Bonchev–Trinajstić information content (AvgIpc) is 2.44. The molecule has 0 aliphatic heterocycles. The summed E-state index contributed by atoms with van der Waals surface area (Å²) in [5.74, 6) is 0. The Kier molecular flexibility index (Phi) is 5.54. The Labute approximate surface area is 140 Å². The molecule has 2 aromatic rings. The summed E-state index contributed by atoms with van der Waals surface area (Å²) >= 11 is 9.69. The van der Waals surface area contributed by atoms with Crippen LogP contribution in [0.2, 0.25) is 5.02 Å². The first-order chi connectivity index (χ1) is 10.0. The van der Waals surface area contributed by atoms with Crippen LogP contribution in [-0.2, 0) is 0 Å². The molecule has 2 nitrogen and oxygen atoms in total. The van der Waals surface area contributed by atoms with Crippen molar-refractivity contribution in [1.82, 2.24) is 0 Å². The third kappa shape index (κ3) is 4.14. The van der Waals surface area contributed by atoms with Crippen LogP contribution < -0.4 is 10.2 Å². The Balaban J connectivity index is 2.32. The highest BCUT2D eigenvalue weighted by molar-refractivity contribution is 9.10. The van der Waals surface area contributed by atoms with Gasteiger partial charge < -0.3 is 10.2 Å². The van der Waals surface area contributed by atoms with Gasteiger partial charge in [-0.1, -0.05) is 46.6 Å². The zero-order chi connectivity index (χ0) is 15.4. The number of anilines is 2. The Hall–Kier alpha value is -1.19. The Bertz CT molecular complexity index is 613. The largest absolute Gasteiger partial charge is 0.377 e. The molecule has 2 rings (SSSR count). The fourth-order valence-corrected chi connectivity index (χ4v) is 2.94. The van der Waals surface area contributed by atoms with Gasteiger partial charge in [-0.05, 0) is 42.3 Å². The lowest BCUT2D eigenvalue weighted by Gasteiger charge is -2.24. The number of hydrogen-bond acceptors (Lipinski definition) is 2.